The summed E-state index contributed by atoms with van der Waals surface area (Å²) in [7, 11) is 0. The van der Waals surface area contributed by atoms with Crippen molar-refractivity contribution >= 4 is 12.1 Å². The first-order valence-electron chi connectivity index (χ1n) is 8.45. The number of rotatable bonds is 4. The molecule has 0 spiro atoms. The Hall–Kier alpha value is -2.11. The maximum Gasteiger partial charge on any atom is 0.408 e. The lowest BCUT2D eigenvalue weighted by atomic mass is 9.31. The van der Waals surface area contributed by atoms with Crippen LogP contribution in [0.5, 0.6) is 0 Å². The number of ether oxygens (including phenoxy) is 1. The van der Waals surface area contributed by atoms with Crippen LogP contribution in [0.4, 0.5) is 9.18 Å². The Morgan fingerprint density at radius 3 is 2.36 bits per heavy atom. The molecule has 0 aliphatic heterocycles. The van der Waals surface area contributed by atoms with Crippen molar-refractivity contribution in [3.63, 3.8) is 0 Å². The van der Waals surface area contributed by atoms with E-state index in [0.29, 0.717) is 24.8 Å². The summed E-state index contributed by atoms with van der Waals surface area (Å²) in [5.74, 6) is -1.28. The van der Waals surface area contributed by atoms with Gasteiger partial charge in [0.1, 0.15) is 17.5 Å². The van der Waals surface area contributed by atoms with E-state index < -0.39 is 29.1 Å². The molecule has 0 saturated heterocycles. The molecule has 6 heteroatoms. The largest absolute Gasteiger partial charge is 0.480 e. The van der Waals surface area contributed by atoms with Gasteiger partial charge in [-0.05, 0) is 69.6 Å². The molecule has 0 heterocycles. The molecule has 1 amide bonds. The van der Waals surface area contributed by atoms with Crippen molar-refractivity contribution in [2.24, 2.45) is 5.41 Å². The molecule has 2 bridgehead atoms. The van der Waals surface area contributed by atoms with E-state index in [9.17, 15) is 19.1 Å². The number of hydrogen-bond acceptors (Lipinski definition) is 3. The fraction of sp³-hybridized carbons (Fsp3) is 0.579. The van der Waals surface area contributed by atoms with Gasteiger partial charge in [-0.25, -0.2) is 14.0 Å². The lowest BCUT2D eigenvalue weighted by Gasteiger charge is -2.72. The average Bonchev–Trinajstić information content (AvgIpc) is 2.36. The number of alkyl carbamates (subject to hydrolysis) is 1. The van der Waals surface area contributed by atoms with Gasteiger partial charge in [-0.3, -0.25) is 0 Å². The quantitative estimate of drug-likeness (QED) is 0.872. The number of nitrogens with one attached hydrogen (secondary N) is 1. The molecule has 3 saturated carbocycles. The summed E-state index contributed by atoms with van der Waals surface area (Å²) in [6.45, 7) is 6.92. The zero-order valence-electron chi connectivity index (χ0n) is 15.0. The molecular weight excluding hydrogens is 325 g/mol. The van der Waals surface area contributed by atoms with Gasteiger partial charge in [0, 0.05) is 5.41 Å². The molecule has 2 N–H and O–H groups in total. The van der Waals surface area contributed by atoms with Crippen LogP contribution in [-0.2, 0) is 14.9 Å². The van der Waals surface area contributed by atoms with E-state index in [0.717, 1.165) is 5.56 Å². The third-order valence-corrected chi connectivity index (χ3v) is 5.36. The summed E-state index contributed by atoms with van der Waals surface area (Å²) < 4.78 is 18.7. The van der Waals surface area contributed by atoms with Crippen molar-refractivity contribution in [2.45, 2.75) is 64.0 Å². The maximum atomic E-state index is 13.5. The zero-order valence-corrected chi connectivity index (χ0v) is 15.0. The Labute approximate surface area is 146 Å². The molecule has 25 heavy (non-hydrogen) atoms. The van der Waals surface area contributed by atoms with Crippen molar-refractivity contribution in [1.29, 1.82) is 0 Å². The van der Waals surface area contributed by atoms with Crippen molar-refractivity contribution < 1.29 is 23.8 Å². The first-order valence-corrected chi connectivity index (χ1v) is 8.45. The number of hydrogen-bond donors (Lipinski definition) is 2. The standard InChI is InChI=1S/C19H24FNO4/c1-11-7-12(5-6-13(11)20)18-8-19(9-18,10-18)14(15(22)23)21-16(24)25-17(2,3)4/h5-7,14H,8-10H2,1-4H3,(H,21,24)(H,22,23). The second-order valence-corrected chi connectivity index (χ2v) is 8.55. The molecule has 136 valence electrons. The number of aliphatic carboxylic acids is 1. The van der Waals surface area contributed by atoms with Crippen LogP contribution in [0.2, 0.25) is 0 Å². The molecule has 0 aromatic heterocycles. The fourth-order valence-corrected chi connectivity index (χ4v) is 4.36. The number of halogens is 1. The highest BCUT2D eigenvalue weighted by atomic mass is 19.1. The Morgan fingerprint density at radius 1 is 1.28 bits per heavy atom. The van der Waals surface area contributed by atoms with E-state index in [1.54, 1.807) is 33.8 Å². The van der Waals surface area contributed by atoms with Gasteiger partial charge in [-0.2, -0.15) is 0 Å². The number of carboxylic acid groups (broad SMARTS) is 1. The van der Waals surface area contributed by atoms with E-state index in [1.165, 1.54) is 6.07 Å². The summed E-state index contributed by atoms with van der Waals surface area (Å²) in [5.41, 5.74) is 0.444. The van der Waals surface area contributed by atoms with E-state index in [4.69, 9.17) is 4.74 Å². The SMILES string of the molecule is Cc1cc(C23CC(C(NC(=O)OC(C)(C)C)C(=O)O)(C2)C3)ccc1F. The summed E-state index contributed by atoms with van der Waals surface area (Å²) in [6.07, 6.45) is 1.32. The number of aryl methyl sites for hydroxylation is 1. The molecule has 3 aliphatic rings. The van der Waals surface area contributed by atoms with Gasteiger partial charge in [0.15, 0.2) is 0 Å². The van der Waals surface area contributed by atoms with Crippen LogP contribution >= 0.6 is 0 Å². The monoisotopic (exact) mass is 349 g/mol. The van der Waals surface area contributed by atoms with Gasteiger partial charge in [-0.1, -0.05) is 12.1 Å². The molecule has 1 aromatic rings. The van der Waals surface area contributed by atoms with Crippen LogP contribution in [0.3, 0.4) is 0 Å². The molecular formula is C19H24FNO4. The average molecular weight is 349 g/mol. The Balaban J connectivity index is 1.70. The minimum atomic E-state index is -1.05. The van der Waals surface area contributed by atoms with Crippen LogP contribution in [-0.4, -0.2) is 28.8 Å². The molecule has 1 unspecified atom stereocenters. The topological polar surface area (TPSA) is 75.6 Å². The Morgan fingerprint density at radius 2 is 1.88 bits per heavy atom. The van der Waals surface area contributed by atoms with Crippen LogP contribution in [0.1, 0.15) is 51.2 Å². The van der Waals surface area contributed by atoms with Crippen molar-refractivity contribution in [2.75, 3.05) is 0 Å². The Bertz CT molecular complexity index is 718. The second kappa shape index (κ2) is 5.44. The predicted octanol–water partition coefficient (Wildman–Crippen LogP) is 3.53. The van der Waals surface area contributed by atoms with Crippen LogP contribution in [0.25, 0.3) is 0 Å². The Kier molecular flexibility index (Phi) is 3.86. The van der Waals surface area contributed by atoms with Gasteiger partial charge in [0.2, 0.25) is 0 Å². The van der Waals surface area contributed by atoms with Gasteiger partial charge in [0.25, 0.3) is 0 Å². The normalized spacial score (nSPS) is 28.4. The van der Waals surface area contributed by atoms with Gasteiger partial charge in [-0.15, -0.1) is 0 Å². The van der Waals surface area contributed by atoms with E-state index in [-0.39, 0.29) is 11.2 Å². The molecule has 1 aromatic carbocycles. The summed E-state index contributed by atoms with van der Waals surface area (Å²) in [5, 5.41) is 12.1. The summed E-state index contributed by atoms with van der Waals surface area (Å²) >= 11 is 0. The van der Waals surface area contributed by atoms with Crippen LogP contribution < -0.4 is 5.32 Å². The summed E-state index contributed by atoms with van der Waals surface area (Å²) in [4.78, 5) is 23.7. The minimum Gasteiger partial charge on any atom is -0.480 e. The highest BCUT2D eigenvalue weighted by Crippen LogP contribution is 2.75. The number of carboxylic acids is 1. The first-order chi connectivity index (χ1) is 11.5. The third kappa shape index (κ3) is 2.98. The van der Waals surface area contributed by atoms with Crippen LogP contribution in [0.15, 0.2) is 18.2 Å². The molecule has 3 fully saturated rings. The van der Waals surface area contributed by atoms with E-state index >= 15 is 0 Å². The molecule has 4 rings (SSSR count). The number of carbonyl (C=O) groups is 2. The smallest absolute Gasteiger partial charge is 0.408 e. The molecule has 1 atom stereocenters. The second-order valence-electron chi connectivity index (χ2n) is 8.55. The molecule has 5 nitrogen and oxygen atoms in total. The first kappa shape index (κ1) is 17.7. The summed E-state index contributed by atoms with van der Waals surface area (Å²) in [6, 6.07) is 4.12. The minimum absolute atomic E-state index is 0.0816. The van der Waals surface area contributed by atoms with Crippen molar-refractivity contribution in [3.8, 4) is 0 Å². The molecule has 0 radical (unpaired) electrons. The number of benzene rings is 1. The van der Waals surface area contributed by atoms with Crippen LogP contribution in [0, 0.1) is 18.2 Å². The lowest BCUT2D eigenvalue weighted by molar-refractivity contribution is -0.183. The van der Waals surface area contributed by atoms with E-state index in [2.05, 4.69) is 5.32 Å². The van der Waals surface area contributed by atoms with E-state index in [1.807, 2.05) is 6.07 Å². The third-order valence-electron chi connectivity index (χ3n) is 5.36. The fourth-order valence-electron chi connectivity index (χ4n) is 4.36. The highest BCUT2D eigenvalue weighted by Gasteiger charge is 2.72. The predicted molar refractivity (Wildman–Crippen MR) is 89.9 cm³/mol. The highest BCUT2D eigenvalue weighted by molar-refractivity contribution is 5.82. The van der Waals surface area contributed by atoms with Gasteiger partial charge >= 0.3 is 12.1 Å². The zero-order chi connectivity index (χ0) is 18.6. The van der Waals surface area contributed by atoms with Gasteiger partial charge in [0.05, 0.1) is 0 Å². The van der Waals surface area contributed by atoms with Crippen molar-refractivity contribution in [3.05, 3.63) is 35.1 Å². The molecule has 3 aliphatic carbocycles. The van der Waals surface area contributed by atoms with Gasteiger partial charge < -0.3 is 15.2 Å². The maximum absolute atomic E-state index is 13.5. The number of carbonyl (C=O) groups excluding carboxylic acids is 1. The lowest BCUT2D eigenvalue weighted by Crippen LogP contribution is -2.73. The number of amides is 1. The van der Waals surface area contributed by atoms with Crippen molar-refractivity contribution in [1.82, 2.24) is 5.32 Å².